The first-order chi connectivity index (χ1) is 29.6. The summed E-state index contributed by atoms with van der Waals surface area (Å²) in [5.41, 5.74) is 13.2. The minimum atomic E-state index is -0.759. The maximum Gasteiger partial charge on any atom is 0.244 e. The Hall–Kier alpha value is -5.70. The maximum atomic E-state index is 14.0. The average molecular weight is 821 g/mol. The third-order valence-electron chi connectivity index (χ3n) is 12.9. The van der Waals surface area contributed by atoms with Crippen molar-refractivity contribution in [3.8, 4) is 11.1 Å². The highest BCUT2D eigenvalue weighted by atomic mass is 16.9. The SMILES string of the molecule is COC[C@H]1C[C@@H](c2nc3ccc4cc(-c5ccc6c(ccc7nc([C@@H]8C[C@H](C)CN8C(=O)[C@@H](NC8OCO8)C(C)C)[nH]c76)c5)ccc4c3[nH]2)N(C(=O)[C@H](N)c2ccccc2)C1. The van der Waals surface area contributed by atoms with Crippen molar-refractivity contribution in [2.45, 2.75) is 64.2 Å². The topological polar surface area (TPSA) is 164 Å². The number of hydrogen-bond donors (Lipinski definition) is 4. The number of nitrogens with one attached hydrogen (secondary N) is 3. The number of ether oxygens (including phenoxy) is 3. The van der Waals surface area contributed by atoms with Gasteiger partial charge in [-0.3, -0.25) is 14.9 Å². The zero-order chi connectivity index (χ0) is 41.9. The molecule has 0 bridgehead atoms. The number of H-pyrrole nitrogens is 2. The molecule has 10 rings (SSSR count). The van der Waals surface area contributed by atoms with Gasteiger partial charge in [-0.15, -0.1) is 0 Å². The van der Waals surface area contributed by atoms with Crippen LogP contribution in [0.15, 0.2) is 91.0 Å². The van der Waals surface area contributed by atoms with E-state index >= 15 is 0 Å². The molecular formula is C48H52N8O5. The molecule has 7 aromatic rings. The Labute approximate surface area is 353 Å². The fourth-order valence-electron chi connectivity index (χ4n) is 9.75. The van der Waals surface area contributed by atoms with Gasteiger partial charge >= 0.3 is 0 Å². The van der Waals surface area contributed by atoms with Crippen LogP contribution in [0.4, 0.5) is 0 Å². The number of aromatic amines is 2. The smallest absolute Gasteiger partial charge is 0.244 e. The van der Waals surface area contributed by atoms with Crippen LogP contribution in [-0.4, -0.2) is 87.6 Å². The van der Waals surface area contributed by atoms with E-state index in [0.717, 1.165) is 84.8 Å². The Bertz CT molecular complexity index is 2760. The summed E-state index contributed by atoms with van der Waals surface area (Å²) in [5, 5.41) is 7.57. The van der Waals surface area contributed by atoms with Crippen LogP contribution in [0.25, 0.3) is 54.7 Å². The normalized spacial score (nSPS) is 21.9. The van der Waals surface area contributed by atoms with E-state index in [1.165, 1.54) is 0 Å². The number of amides is 2. The predicted octanol–water partition coefficient (Wildman–Crippen LogP) is 7.46. The van der Waals surface area contributed by atoms with E-state index in [4.69, 9.17) is 29.9 Å². The Morgan fingerprint density at radius 2 is 1.39 bits per heavy atom. The molecule has 3 saturated heterocycles. The summed E-state index contributed by atoms with van der Waals surface area (Å²) in [6.45, 7) is 8.28. The predicted molar refractivity (Wildman–Crippen MR) is 235 cm³/mol. The van der Waals surface area contributed by atoms with Crippen LogP contribution in [0.2, 0.25) is 0 Å². The molecule has 13 heteroatoms. The maximum absolute atomic E-state index is 14.0. The summed E-state index contributed by atoms with van der Waals surface area (Å²) in [7, 11) is 1.70. The summed E-state index contributed by atoms with van der Waals surface area (Å²) < 4.78 is 16.4. The van der Waals surface area contributed by atoms with E-state index < -0.39 is 18.5 Å². The van der Waals surface area contributed by atoms with Crippen LogP contribution < -0.4 is 11.1 Å². The second-order valence-electron chi connectivity index (χ2n) is 17.5. The lowest BCUT2D eigenvalue weighted by Crippen LogP contribution is -2.56. The molecule has 3 aliphatic rings. The fourth-order valence-corrected chi connectivity index (χ4v) is 9.75. The summed E-state index contributed by atoms with van der Waals surface area (Å²) in [5.74, 6) is 2.06. The zero-order valence-electron chi connectivity index (χ0n) is 34.9. The van der Waals surface area contributed by atoms with Gasteiger partial charge in [0.1, 0.15) is 17.7 Å². The lowest BCUT2D eigenvalue weighted by molar-refractivity contribution is -0.335. The summed E-state index contributed by atoms with van der Waals surface area (Å²) >= 11 is 0. The van der Waals surface area contributed by atoms with E-state index in [1.807, 2.05) is 60.0 Å². The molecule has 3 aliphatic heterocycles. The number of aromatic nitrogens is 4. The van der Waals surface area contributed by atoms with Crippen molar-refractivity contribution in [2.24, 2.45) is 23.5 Å². The Kier molecular flexibility index (Phi) is 10.3. The van der Waals surface area contributed by atoms with Crippen molar-refractivity contribution in [3.05, 3.63) is 108 Å². The molecule has 13 nitrogen and oxygen atoms in total. The third kappa shape index (κ3) is 7.23. The number of hydrogen-bond acceptors (Lipinski definition) is 9. The molecular weight excluding hydrogens is 769 g/mol. The average Bonchev–Trinajstić information content (AvgIpc) is 4.07. The number of likely N-dealkylation sites (tertiary alicyclic amines) is 2. The van der Waals surface area contributed by atoms with E-state index in [2.05, 4.69) is 76.8 Å². The van der Waals surface area contributed by atoms with E-state index in [9.17, 15) is 9.59 Å². The molecule has 2 amide bonds. The molecule has 0 unspecified atom stereocenters. The van der Waals surface area contributed by atoms with E-state index in [1.54, 1.807) is 7.11 Å². The molecule has 0 spiro atoms. The van der Waals surface area contributed by atoms with Gasteiger partial charge in [0.15, 0.2) is 6.79 Å². The molecule has 6 atom stereocenters. The number of nitrogens with two attached hydrogens (primary N) is 1. The summed E-state index contributed by atoms with van der Waals surface area (Å²) in [4.78, 5) is 49.1. The van der Waals surface area contributed by atoms with Crippen LogP contribution in [0.5, 0.6) is 0 Å². The second kappa shape index (κ2) is 16.0. The van der Waals surface area contributed by atoms with Crippen LogP contribution in [0.3, 0.4) is 0 Å². The summed E-state index contributed by atoms with van der Waals surface area (Å²) in [6, 6.07) is 29.4. The van der Waals surface area contributed by atoms with Gasteiger partial charge < -0.3 is 39.7 Å². The number of carbonyl (C=O) groups excluding carboxylic acids is 2. The quantitative estimate of drug-likeness (QED) is 0.104. The fraction of sp³-hybridized carbons (Fsp3) is 0.375. The van der Waals surface area contributed by atoms with Gasteiger partial charge in [0.05, 0.1) is 46.8 Å². The molecule has 5 aromatic carbocycles. The summed E-state index contributed by atoms with van der Waals surface area (Å²) in [6.07, 6.45) is 1.01. The Morgan fingerprint density at radius 3 is 1.95 bits per heavy atom. The molecule has 0 saturated carbocycles. The van der Waals surface area contributed by atoms with Gasteiger partial charge in [-0.25, -0.2) is 9.97 Å². The number of carbonyl (C=O) groups is 2. The highest BCUT2D eigenvalue weighted by Gasteiger charge is 2.42. The monoisotopic (exact) mass is 820 g/mol. The molecule has 61 heavy (non-hydrogen) atoms. The molecule has 3 fully saturated rings. The lowest BCUT2D eigenvalue weighted by atomic mass is 9.98. The largest absolute Gasteiger partial charge is 0.384 e. The molecule has 314 valence electrons. The highest BCUT2D eigenvalue weighted by molar-refractivity contribution is 6.07. The van der Waals surface area contributed by atoms with Gasteiger partial charge in [0.25, 0.3) is 0 Å². The van der Waals surface area contributed by atoms with Gasteiger partial charge in [0, 0.05) is 36.9 Å². The molecule has 5 heterocycles. The number of rotatable bonds is 11. The number of benzene rings is 5. The molecule has 0 radical (unpaired) electrons. The lowest BCUT2D eigenvalue weighted by Gasteiger charge is -2.35. The number of nitrogens with zero attached hydrogens (tertiary/aromatic N) is 4. The van der Waals surface area contributed by atoms with Crippen molar-refractivity contribution < 1.29 is 23.8 Å². The van der Waals surface area contributed by atoms with Gasteiger partial charge in [-0.1, -0.05) is 87.5 Å². The van der Waals surface area contributed by atoms with Gasteiger partial charge in [0.2, 0.25) is 18.2 Å². The first kappa shape index (κ1) is 39.4. The zero-order valence-corrected chi connectivity index (χ0v) is 34.9. The highest BCUT2D eigenvalue weighted by Crippen LogP contribution is 2.40. The van der Waals surface area contributed by atoms with E-state index in [0.29, 0.717) is 25.6 Å². The number of imidazole rings is 2. The first-order valence-electron chi connectivity index (χ1n) is 21.4. The van der Waals surface area contributed by atoms with Crippen molar-refractivity contribution in [2.75, 3.05) is 33.6 Å². The Balaban J connectivity index is 0.919. The van der Waals surface area contributed by atoms with Crippen LogP contribution in [0.1, 0.15) is 69.0 Å². The van der Waals surface area contributed by atoms with Crippen LogP contribution >= 0.6 is 0 Å². The molecule has 5 N–H and O–H groups in total. The van der Waals surface area contributed by atoms with Crippen molar-refractivity contribution in [1.29, 1.82) is 0 Å². The van der Waals surface area contributed by atoms with Crippen molar-refractivity contribution in [1.82, 2.24) is 35.1 Å². The van der Waals surface area contributed by atoms with Gasteiger partial charge in [-0.05, 0) is 76.4 Å². The van der Waals surface area contributed by atoms with Crippen molar-refractivity contribution >= 4 is 55.4 Å². The van der Waals surface area contributed by atoms with Gasteiger partial charge in [-0.2, -0.15) is 0 Å². The Morgan fingerprint density at radius 1 is 0.803 bits per heavy atom. The minimum absolute atomic E-state index is 0.0373. The third-order valence-corrected chi connectivity index (χ3v) is 12.9. The second-order valence-corrected chi connectivity index (χ2v) is 17.5. The minimum Gasteiger partial charge on any atom is -0.384 e. The molecule has 2 aromatic heterocycles. The first-order valence-corrected chi connectivity index (χ1v) is 21.4. The number of fused-ring (bicyclic) bond motifs is 6. The van der Waals surface area contributed by atoms with Crippen LogP contribution in [0, 0.1) is 17.8 Å². The number of methoxy groups -OCH3 is 1. The standard InChI is InChI=1S/C48H52N8O5/c1-26(2)41(54-48-60-25-61-48)47(58)55-22-27(3)18-38(55)44-50-36-16-12-32-20-30(10-14-34(32)42(36)52-44)31-11-15-35-33(21-31)13-17-37-43(35)53-45(51-37)39-19-28(24-59-4)23-56(39)46(57)40(49)29-8-6-5-7-9-29/h5-17,20-21,26-28,38-41,48,54H,18-19,22-25,49H2,1-4H3,(H,50,52)(H,51,53)/t27-,28-,38-,39-,40+,41-/m0/s1. The molecule has 0 aliphatic carbocycles. The van der Waals surface area contributed by atoms with Crippen molar-refractivity contribution in [3.63, 3.8) is 0 Å². The van der Waals surface area contributed by atoms with E-state index in [-0.39, 0.29) is 42.5 Å². The van der Waals surface area contributed by atoms with Crippen LogP contribution in [-0.2, 0) is 23.8 Å².